The lowest BCUT2D eigenvalue weighted by Gasteiger charge is -2.26. The average Bonchev–Trinajstić information content (AvgIpc) is 2.71. The van der Waals surface area contributed by atoms with Crippen molar-refractivity contribution in [1.29, 1.82) is 0 Å². The number of aromatic nitrogens is 3. The van der Waals surface area contributed by atoms with Crippen molar-refractivity contribution < 1.29 is 4.79 Å². The van der Waals surface area contributed by atoms with Gasteiger partial charge in [0.15, 0.2) is 0 Å². The van der Waals surface area contributed by atoms with Crippen LogP contribution < -0.4 is 5.56 Å². The lowest BCUT2D eigenvalue weighted by Crippen LogP contribution is -2.35. The Morgan fingerprint density at radius 3 is 2.62 bits per heavy atom. The molecule has 132 valence electrons. The highest BCUT2D eigenvalue weighted by Gasteiger charge is 2.18. The summed E-state index contributed by atoms with van der Waals surface area (Å²) in [6.45, 7) is 1.69. The van der Waals surface area contributed by atoms with Gasteiger partial charge in [-0.15, -0.1) is 0 Å². The monoisotopic (exact) mass is 348 g/mol. The first-order valence-corrected chi connectivity index (χ1v) is 8.93. The Balaban J connectivity index is 1.56. The van der Waals surface area contributed by atoms with Gasteiger partial charge >= 0.3 is 0 Å². The molecule has 2 aromatic heterocycles. The van der Waals surface area contributed by atoms with Gasteiger partial charge in [-0.1, -0.05) is 12.1 Å². The van der Waals surface area contributed by atoms with E-state index < -0.39 is 0 Å². The largest absolute Gasteiger partial charge is 0.339 e. The van der Waals surface area contributed by atoms with E-state index in [4.69, 9.17) is 0 Å². The minimum atomic E-state index is -0.237. The van der Waals surface area contributed by atoms with Crippen LogP contribution in [0.2, 0.25) is 0 Å². The summed E-state index contributed by atoms with van der Waals surface area (Å²) in [5.41, 5.74) is 2.83. The van der Waals surface area contributed by atoms with Crippen molar-refractivity contribution in [1.82, 2.24) is 20.1 Å². The van der Waals surface area contributed by atoms with Crippen LogP contribution in [0.25, 0.3) is 10.9 Å². The summed E-state index contributed by atoms with van der Waals surface area (Å²) in [4.78, 5) is 30.6. The second-order valence-corrected chi connectivity index (χ2v) is 6.63. The van der Waals surface area contributed by atoms with Gasteiger partial charge in [0.25, 0.3) is 11.5 Å². The van der Waals surface area contributed by atoms with E-state index in [1.54, 1.807) is 18.3 Å². The van der Waals surface area contributed by atoms with Crippen LogP contribution in [0.3, 0.4) is 0 Å². The van der Waals surface area contributed by atoms with Crippen molar-refractivity contribution in [3.63, 3.8) is 0 Å². The Morgan fingerprint density at radius 2 is 1.85 bits per heavy atom. The van der Waals surface area contributed by atoms with Crippen molar-refractivity contribution >= 4 is 16.8 Å². The number of benzene rings is 1. The molecule has 1 aliphatic heterocycles. The molecule has 1 saturated heterocycles. The highest BCUT2D eigenvalue weighted by Crippen LogP contribution is 2.17. The maximum absolute atomic E-state index is 12.5. The van der Waals surface area contributed by atoms with Gasteiger partial charge in [0.2, 0.25) is 0 Å². The number of pyridine rings is 1. The SMILES string of the molecule is O=C(c1ccc(Cc2n[nH]c(=O)c3cccnc23)cc1)N1CCCCC1. The number of piperidine rings is 1. The van der Waals surface area contributed by atoms with Crippen LogP contribution in [0.1, 0.15) is 40.9 Å². The highest BCUT2D eigenvalue weighted by atomic mass is 16.2. The summed E-state index contributed by atoms with van der Waals surface area (Å²) in [6.07, 6.45) is 5.58. The van der Waals surface area contributed by atoms with Gasteiger partial charge in [-0.25, -0.2) is 5.10 Å². The van der Waals surface area contributed by atoms with E-state index in [9.17, 15) is 9.59 Å². The molecule has 1 amide bonds. The van der Waals surface area contributed by atoms with E-state index >= 15 is 0 Å². The van der Waals surface area contributed by atoms with Gasteiger partial charge in [-0.3, -0.25) is 14.6 Å². The number of hydrogen-bond donors (Lipinski definition) is 1. The van der Waals surface area contributed by atoms with Crippen LogP contribution in [0, 0.1) is 0 Å². The fraction of sp³-hybridized carbons (Fsp3) is 0.300. The van der Waals surface area contributed by atoms with Gasteiger partial charge in [0.1, 0.15) is 0 Å². The van der Waals surface area contributed by atoms with Crippen LogP contribution in [0.4, 0.5) is 0 Å². The first kappa shape index (κ1) is 16.4. The molecule has 0 saturated carbocycles. The Kier molecular flexibility index (Phi) is 4.48. The van der Waals surface area contributed by atoms with E-state index in [-0.39, 0.29) is 11.5 Å². The Bertz CT molecular complexity index is 989. The topological polar surface area (TPSA) is 79.0 Å². The smallest absolute Gasteiger partial charge is 0.273 e. The highest BCUT2D eigenvalue weighted by molar-refractivity contribution is 5.94. The van der Waals surface area contributed by atoms with E-state index in [0.717, 1.165) is 37.2 Å². The molecule has 4 rings (SSSR count). The zero-order valence-corrected chi connectivity index (χ0v) is 14.4. The van der Waals surface area contributed by atoms with Crippen molar-refractivity contribution in [2.45, 2.75) is 25.7 Å². The van der Waals surface area contributed by atoms with Crippen molar-refractivity contribution in [2.75, 3.05) is 13.1 Å². The van der Waals surface area contributed by atoms with E-state index in [2.05, 4.69) is 15.2 Å². The van der Waals surface area contributed by atoms with Crippen LogP contribution in [-0.2, 0) is 6.42 Å². The number of nitrogens with one attached hydrogen (secondary N) is 1. The average molecular weight is 348 g/mol. The number of carbonyl (C=O) groups is 1. The van der Waals surface area contributed by atoms with Gasteiger partial charge in [-0.05, 0) is 49.1 Å². The lowest BCUT2D eigenvalue weighted by atomic mass is 10.0. The normalized spacial score (nSPS) is 14.5. The second kappa shape index (κ2) is 7.07. The van der Waals surface area contributed by atoms with E-state index in [1.165, 1.54) is 6.42 Å². The maximum atomic E-state index is 12.5. The minimum absolute atomic E-state index is 0.102. The van der Waals surface area contributed by atoms with Crippen molar-refractivity contribution in [2.24, 2.45) is 0 Å². The fourth-order valence-electron chi connectivity index (χ4n) is 3.41. The number of hydrogen-bond acceptors (Lipinski definition) is 4. The Labute approximate surface area is 150 Å². The molecule has 3 aromatic rings. The molecule has 1 aromatic carbocycles. The maximum Gasteiger partial charge on any atom is 0.273 e. The van der Waals surface area contributed by atoms with Gasteiger partial charge in [0, 0.05) is 31.3 Å². The first-order chi connectivity index (χ1) is 12.7. The predicted octanol–water partition coefficient (Wildman–Crippen LogP) is 2.54. The Hall–Kier alpha value is -3.02. The number of carbonyl (C=O) groups excluding carboxylic acids is 1. The quantitative estimate of drug-likeness (QED) is 0.789. The molecule has 0 bridgehead atoms. The molecule has 0 spiro atoms. The Morgan fingerprint density at radius 1 is 1.08 bits per heavy atom. The van der Waals surface area contributed by atoms with Crippen molar-refractivity contribution in [3.8, 4) is 0 Å². The van der Waals surface area contributed by atoms with Gasteiger partial charge in [-0.2, -0.15) is 5.10 Å². The molecule has 0 aliphatic carbocycles. The molecule has 1 fully saturated rings. The first-order valence-electron chi connectivity index (χ1n) is 8.93. The van der Waals surface area contributed by atoms with E-state index in [0.29, 0.717) is 22.9 Å². The standard InChI is InChI=1S/C20H20N4O2/c25-19-16-5-4-10-21-18(16)17(22-23-19)13-14-6-8-15(9-7-14)20(26)24-11-2-1-3-12-24/h4-10H,1-3,11-13H2,(H,23,25). The lowest BCUT2D eigenvalue weighted by molar-refractivity contribution is 0.0724. The van der Waals surface area contributed by atoms with E-state index in [1.807, 2.05) is 29.2 Å². The van der Waals surface area contributed by atoms with Crippen LogP contribution in [-0.4, -0.2) is 39.1 Å². The molecular weight excluding hydrogens is 328 g/mol. The number of amides is 1. The molecule has 0 atom stereocenters. The molecule has 1 aliphatic rings. The third-order valence-corrected chi connectivity index (χ3v) is 4.83. The number of likely N-dealkylation sites (tertiary alicyclic amines) is 1. The van der Waals surface area contributed by atoms with Crippen LogP contribution in [0.5, 0.6) is 0 Å². The summed E-state index contributed by atoms with van der Waals surface area (Å²) in [7, 11) is 0. The fourth-order valence-corrected chi connectivity index (χ4v) is 3.41. The van der Waals surface area contributed by atoms with Crippen LogP contribution in [0.15, 0.2) is 47.4 Å². The summed E-state index contributed by atoms with van der Waals surface area (Å²) in [5, 5.41) is 7.22. The zero-order valence-electron chi connectivity index (χ0n) is 14.4. The number of H-pyrrole nitrogens is 1. The van der Waals surface area contributed by atoms with Gasteiger partial charge in [0.05, 0.1) is 16.6 Å². The summed E-state index contributed by atoms with van der Waals surface area (Å²) >= 11 is 0. The summed E-state index contributed by atoms with van der Waals surface area (Å²) in [5.74, 6) is 0.102. The zero-order chi connectivity index (χ0) is 17.9. The molecule has 26 heavy (non-hydrogen) atoms. The molecule has 3 heterocycles. The number of fused-ring (bicyclic) bond motifs is 1. The number of nitrogens with zero attached hydrogens (tertiary/aromatic N) is 3. The molecule has 0 radical (unpaired) electrons. The molecular formula is C20H20N4O2. The third-order valence-electron chi connectivity index (χ3n) is 4.83. The van der Waals surface area contributed by atoms with Crippen molar-refractivity contribution in [3.05, 3.63) is 69.8 Å². The minimum Gasteiger partial charge on any atom is -0.339 e. The number of aromatic amines is 1. The molecule has 6 nitrogen and oxygen atoms in total. The number of rotatable bonds is 3. The second-order valence-electron chi connectivity index (χ2n) is 6.63. The summed E-state index contributed by atoms with van der Waals surface area (Å²) < 4.78 is 0. The molecule has 0 unspecified atom stereocenters. The predicted molar refractivity (Wildman–Crippen MR) is 99.2 cm³/mol. The molecule has 1 N–H and O–H groups in total. The van der Waals surface area contributed by atoms with Crippen LogP contribution >= 0.6 is 0 Å². The van der Waals surface area contributed by atoms with Gasteiger partial charge < -0.3 is 4.90 Å². The summed E-state index contributed by atoms with van der Waals surface area (Å²) in [6, 6.07) is 11.1. The molecule has 6 heteroatoms. The third kappa shape index (κ3) is 3.22.